The van der Waals surface area contributed by atoms with Gasteiger partial charge in [0.2, 0.25) is 0 Å². The summed E-state index contributed by atoms with van der Waals surface area (Å²) >= 11 is -0.824. The predicted molar refractivity (Wildman–Crippen MR) is 92.8 cm³/mol. The van der Waals surface area contributed by atoms with Gasteiger partial charge in [-0.2, -0.15) is 0 Å². The standard InChI is InChI=1S/2C8H18N.BrH.Nd/c2*1-7(2)5-9-6-8(3)4;;/h2*7-8H,5-6H2,1-4H3;1H;/q2*-1;;+2. The molecular weight excluding hydrogens is 444 g/mol. The molecule has 0 spiro atoms. The van der Waals surface area contributed by atoms with Gasteiger partial charge in [0.25, 0.3) is 0 Å². The van der Waals surface area contributed by atoms with Crippen LogP contribution >= 0.6 is 17.0 Å². The summed E-state index contributed by atoms with van der Waals surface area (Å²) in [6.45, 7) is 24.0. The van der Waals surface area contributed by atoms with Gasteiger partial charge in [0.15, 0.2) is 0 Å². The summed E-state index contributed by atoms with van der Waals surface area (Å²) in [5.41, 5.74) is 0. The molecule has 0 N–H and O–H groups in total. The number of rotatable bonds is 10. The molecule has 0 rings (SSSR count). The van der Waals surface area contributed by atoms with E-state index in [2.05, 4.69) is 57.4 Å². The quantitative estimate of drug-likeness (QED) is 0.446. The third kappa shape index (κ3) is 14.7. The molecule has 0 unspecified atom stereocenters. The Morgan fingerprint density at radius 2 is 0.750 bits per heavy atom. The van der Waals surface area contributed by atoms with Crippen molar-refractivity contribution in [3.05, 3.63) is 0 Å². The van der Waals surface area contributed by atoms with E-state index in [-0.39, 0.29) is 17.0 Å². The van der Waals surface area contributed by atoms with Crippen LogP contribution < -0.4 is 0 Å². The molecule has 0 saturated carbocycles. The molecule has 0 radical (unpaired) electrons. The Hall–Kier alpha value is 1.75. The van der Waals surface area contributed by atoms with E-state index in [0.717, 1.165) is 23.7 Å². The van der Waals surface area contributed by atoms with Gasteiger partial charge in [-0.25, -0.2) is 0 Å². The molecule has 0 amide bonds. The fraction of sp³-hybridized carbons (Fsp3) is 1.00. The Morgan fingerprint density at radius 3 is 0.900 bits per heavy atom. The Kier molecular flexibility index (Phi) is 15.9. The van der Waals surface area contributed by atoms with Crippen LogP contribution in [0.1, 0.15) is 55.4 Å². The van der Waals surface area contributed by atoms with E-state index in [1.807, 2.05) is 0 Å². The Morgan fingerprint density at radius 1 is 0.550 bits per heavy atom. The van der Waals surface area contributed by atoms with Crippen molar-refractivity contribution in [2.45, 2.75) is 55.4 Å². The number of halogens is 1. The van der Waals surface area contributed by atoms with Crippen molar-refractivity contribution < 1.29 is 37.5 Å². The topological polar surface area (TPSA) is 6.48 Å². The predicted octanol–water partition coefficient (Wildman–Crippen LogP) is 4.71. The van der Waals surface area contributed by atoms with E-state index in [4.69, 9.17) is 0 Å². The van der Waals surface area contributed by atoms with Gasteiger partial charge in [-0.1, -0.05) is 0 Å². The first-order chi connectivity index (χ1) is 8.70. The van der Waals surface area contributed by atoms with Gasteiger partial charge in [-0.15, -0.1) is 17.0 Å². The Labute approximate surface area is 160 Å². The van der Waals surface area contributed by atoms with Crippen LogP contribution in [-0.2, 0) is 0 Å². The summed E-state index contributed by atoms with van der Waals surface area (Å²) in [6.07, 6.45) is 0. The van der Waals surface area contributed by atoms with Crippen LogP contribution in [0.2, 0.25) is 0 Å². The molecule has 0 fully saturated rings. The molecule has 0 aromatic rings. The van der Waals surface area contributed by atoms with Crippen LogP contribution in [-0.4, -0.2) is 28.1 Å². The second-order valence-corrected chi connectivity index (χ2v) is 12.2. The third-order valence-electron chi connectivity index (χ3n) is 2.62. The fourth-order valence-electron chi connectivity index (χ4n) is 2.28. The zero-order valence-electron chi connectivity index (χ0n) is 14.9. The number of hydrogen-bond donors (Lipinski definition) is 0. The molecular formula is C16H37BrN2Nd. The number of hydrogen-bond acceptors (Lipinski definition) is 2. The van der Waals surface area contributed by atoms with E-state index in [9.17, 15) is 0 Å². The maximum absolute atomic E-state index is 2.83. The molecule has 0 saturated heterocycles. The number of nitrogens with zero attached hydrogens (tertiary/aromatic N) is 2. The summed E-state index contributed by atoms with van der Waals surface area (Å²) in [5, 5.41) is 0. The van der Waals surface area contributed by atoms with Crippen molar-refractivity contribution in [3.63, 3.8) is 0 Å². The van der Waals surface area contributed by atoms with E-state index < -0.39 is 37.5 Å². The molecule has 0 heterocycles. The van der Waals surface area contributed by atoms with Gasteiger partial charge in [-0.05, 0) is 0 Å². The molecule has 4 heteroatoms. The van der Waals surface area contributed by atoms with Crippen LogP contribution in [0.25, 0.3) is 0 Å². The fourth-order valence-corrected chi connectivity index (χ4v) is 9.29. The van der Waals surface area contributed by atoms with Crippen LogP contribution in [0, 0.1) is 61.2 Å². The van der Waals surface area contributed by atoms with Gasteiger partial charge in [-0.3, -0.25) is 0 Å². The van der Waals surface area contributed by atoms with Crippen LogP contribution in [0.4, 0.5) is 0 Å². The molecule has 0 atom stereocenters. The van der Waals surface area contributed by atoms with Crippen LogP contribution in [0.15, 0.2) is 0 Å². The van der Waals surface area contributed by atoms with E-state index in [1.165, 1.54) is 26.2 Å². The minimum atomic E-state index is -0.824. The Balaban J connectivity index is 0. The maximum atomic E-state index is 2.83. The summed E-state index contributed by atoms with van der Waals surface area (Å²) in [6, 6.07) is 0. The average molecular weight is 482 g/mol. The first-order valence-corrected chi connectivity index (χ1v) is 10.8. The minimum absolute atomic E-state index is 0. The molecule has 0 aromatic carbocycles. The van der Waals surface area contributed by atoms with E-state index >= 15 is 0 Å². The SMILES string of the molecule is Br.CC(C)C[N](CC(C)C)[Nd][N](CC(C)C)CC(C)C. The average Bonchev–Trinajstić information content (AvgIpc) is 2.11. The summed E-state index contributed by atoms with van der Waals surface area (Å²) in [4.78, 5) is 0. The zero-order valence-corrected chi connectivity index (χ0v) is 19.9. The molecule has 122 valence electrons. The van der Waals surface area contributed by atoms with Crippen LogP contribution in [0.3, 0.4) is 0 Å². The van der Waals surface area contributed by atoms with Gasteiger partial charge < -0.3 is 0 Å². The second-order valence-electron chi connectivity index (χ2n) is 7.49. The monoisotopic (exact) mass is 478 g/mol. The first-order valence-electron chi connectivity index (χ1n) is 7.96. The van der Waals surface area contributed by atoms with Crippen molar-refractivity contribution >= 4 is 17.0 Å². The summed E-state index contributed by atoms with van der Waals surface area (Å²) < 4.78 is 5.67. The summed E-state index contributed by atoms with van der Waals surface area (Å²) in [7, 11) is 0. The van der Waals surface area contributed by atoms with E-state index in [0.29, 0.717) is 0 Å². The second kappa shape index (κ2) is 13.2. The molecule has 0 aliphatic carbocycles. The molecule has 0 bridgehead atoms. The third-order valence-corrected chi connectivity index (χ3v) is 6.78. The molecule has 0 aliphatic heterocycles. The van der Waals surface area contributed by atoms with Gasteiger partial charge in [0.05, 0.1) is 0 Å². The van der Waals surface area contributed by atoms with Crippen molar-refractivity contribution in [1.82, 2.24) is 1.97 Å². The summed E-state index contributed by atoms with van der Waals surface area (Å²) in [5.74, 6) is 3.19. The first kappa shape index (κ1) is 24.0. The van der Waals surface area contributed by atoms with Crippen molar-refractivity contribution in [1.29, 1.82) is 0 Å². The molecule has 20 heavy (non-hydrogen) atoms. The van der Waals surface area contributed by atoms with Gasteiger partial charge in [0.1, 0.15) is 0 Å². The van der Waals surface area contributed by atoms with Crippen molar-refractivity contribution in [2.75, 3.05) is 26.2 Å². The van der Waals surface area contributed by atoms with Gasteiger partial charge >= 0.3 is 145 Å². The van der Waals surface area contributed by atoms with Crippen LogP contribution in [0.5, 0.6) is 0 Å². The molecule has 0 aromatic heterocycles. The Bertz CT molecular complexity index is 179. The van der Waals surface area contributed by atoms with E-state index in [1.54, 1.807) is 0 Å². The van der Waals surface area contributed by atoms with Gasteiger partial charge in [0, 0.05) is 0 Å². The van der Waals surface area contributed by atoms with Crippen molar-refractivity contribution in [2.24, 2.45) is 23.7 Å². The van der Waals surface area contributed by atoms with Crippen molar-refractivity contribution in [3.8, 4) is 0 Å². The zero-order chi connectivity index (χ0) is 15.0. The normalized spacial score (nSPS) is 12.1. The molecule has 0 aliphatic rings. The molecule has 2 nitrogen and oxygen atoms in total.